The molecule has 4 nitrogen and oxygen atoms in total. The number of nitrogens with one attached hydrogen (secondary N) is 2. The molecule has 1 heterocycles. The van der Waals surface area contributed by atoms with Crippen molar-refractivity contribution < 1.29 is 4.74 Å². The highest BCUT2D eigenvalue weighted by Crippen LogP contribution is 2.31. The molecule has 1 aromatic rings. The van der Waals surface area contributed by atoms with Crippen LogP contribution in [0.5, 0.6) is 5.75 Å². The molecule has 1 aliphatic heterocycles. The smallest absolute Gasteiger partial charge is 0.181 e. The third kappa shape index (κ3) is 2.19. The highest BCUT2D eigenvalue weighted by atomic mass is 32.1. The number of nitrogens with two attached hydrogens (primary N) is 1. The first-order valence-electron chi connectivity index (χ1n) is 4.80. The number of fused-ring (bicyclic) bond motifs is 1. The molecule has 1 aromatic carbocycles. The highest BCUT2D eigenvalue weighted by Gasteiger charge is 2.20. The van der Waals surface area contributed by atoms with E-state index in [0.29, 0.717) is 11.7 Å². The van der Waals surface area contributed by atoms with E-state index in [0.717, 1.165) is 17.7 Å². The van der Waals surface area contributed by atoms with Gasteiger partial charge in [-0.1, -0.05) is 18.2 Å². The van der Waals surface area contributed by atoms with Crippen LogP contribution in [0.25, 0.3) is 0 Å². The fraction of sp³-hybridized carbons (Fsp3) is 0.300. The molecule has 0 aliphatic carbocycles. The lowest BCUT2D eigenvalue weighted by Crippen LogP contribution is -2.42. The third-order valence-corrected chi connectivity index (χ3v) is 2.63. The average Bonchev–Trinajstić information content (AvgIpc) is 2.29. The minimum Gasteiger partial charge on any atom is -0.493 e. The number of para-hydroxylation sites is 1. The van der Waals surface area contributed by atoms with Crippen molar-refractivity contribution in [2.24, 2.45) is 5.84 Å². The van der Waals surface area contributed by atoms with Crippen LogP contribution in [-0.4, -0.2) is 11.7 Å². The van der Waals surface area contributed by atoms with Crippen molar-refractivity contribution in [1.29, 1.82) is 0 Å². The lowest BCUT2D eigenvalue weighted by atomic mass is 10.0. The van der Waals surface area contributed by atoms with E-state index in [1.54, 1.807) is 0 Å². The van der Waals surface area contributed by atoms with Gasteiger partial charge in [-0.15, -0.1) is 0 Å². The van der Waals surface area contributed by atoms with E-state index in [9.17, 15) is 0 Å². The van der Waals surface area contributed by atoms with Crippen LogP contribution in [0.4, 0.5) is 0 Å². The van der Waals surface area contributed by atoms with Gasteiger partial charge < -0.3 is 15.5 Å². The van der Waals surface area contributed by atoms with Crippen LogP contribution >= 0.6 is 12.2 Å². The maximum absolute atomic E-state index is 5.53. The normalized spacial score (nSPS) is 18.6. The van der Waals surface area contributed by atoms with E-state index in [2.05, 4.69) is 10.7 Å². The lowest BCUT2D eigenvalue weighted by molar-refractivity contribution is 0.262. The lowest BCUT2D eigenvalue weighted by Gasteiger charge is -2.27. The van der Waals surface area contributed by atoms with E-state index in [1.807, 2.05) is 24.3 Å². The fourth-order valence-electron chi connectivity index (χ4n) is 1.69. The summed E-state index contributed by atoms with van der Waals surface area (Å²) in [6, 6.07) is 8.12. The van der Waals surface area contributed by atoms with Crippen molar-refractivity contribution in [1.82, 2.24) is 10.7 Å². The molecule has 0 radical (unpaired) electrons. The van der Waals surface area contributed by atoms with Crippen LogP contribution in [0.1, 0.15) is 18.0 Å². The van der Waals surface area contributed by atoms with Crippen molar-refractivity contribution in [3.05, 3.63) is 29.8 Å². The van der Waals surface area contributed by atoms with Gasteiger partial charge in [0.1, 0.15) is 5.75 Å². The van der Waals surface area contributed by atoms with E-state index >= 15 is 0 Å². The molecule has 0 fully saturated rings. The maximum atomic E-state index is 5.53. The summed E-state index contributed by atoms with van der Waals surface area (Å²) in [5.74, 6) is 6.14. The standard InChI is InChI=1S/C10H13N3OS/c11-13-10(15)12-8-5-6-14-9-4-2-1-3-7(8)9/h1-4,8H,5-6,11H2,(H2,12,13,15). The topological polar surface area (TPSA) is 59.3 Å². The molecule has 0 amide bonds. The van der Waals surface area contributed by atoms with Crippen LogP contribution in [0.2, 0.25) is 0 Å². The van der Waals surface area contributed by atoms with E-state index in [-0.39, 0.29) is 6.04 Å². The molecule has 2 rings (SSSR count). The van der Waals surface area contributed by atoms with Gasteiger partial charge in [-0.05, 0) is 18.3 Å². The molecule has 4 N–H and O–H groups in total. The van der Waals surface area contributed by atoms with Gasteiger partial charge >= 0.3 is 0 Å². The van der Waals surface area contributed by atoms with Crippen LogP contribution in [0.3, 0.4) is 0 Å². The second-order valence-electron chi connectivity index (χ2n) is 3.35. The largest absolute Gasteiger partial charge is 0.493 e. The number of hydrazine groups is 1. The highest BCUT2D eigenvalue weighted by molar-refractivity contribution is 7.80. The van der Waals surface area contributed by atoms with Gasteiger partial charge in [0.2, 0.25) is 0 Å². The van der Waals surface area contributed by atoms with Crippen molar-refractivity contribution in [2.45, 2.75) is 12.5 Å². The predicted molar refractivity (Wildman–Crippen MR) is 62.4 cm³/mol. The van der Waals surface area contributed by atoms with Crippen LogP contribution in [0, 0.1) is 0 Å². The Morgan fingerprint density at radius 1 is 1.47 bits per heavy atom. The fourth-order valence-corrected chi connectivity index (χ4v) is 1.83. The second kappa shape index (κ2) is 4.46. The Morgan fingerprint density at radius 3 is 3.07 bits per heavy atom. The van der Waals surface area contributed by atoms with Crippen LogP contribution < -0.4 is 21.3 Å². The maximum Gasteiger partial charge on any atom is 0.181 e. The Morgan fingerprint density at radius 2 is 2.27 bits per heavy atom. The Hall–Kier alpha value is -1.33. The molecular weight excluding hydrogens is 210 g/mol. The molecule has 1 atom stereocenters. The Kier molecular flexibility index (Phi) is 3.03. The molecule has 5 heteroatoms. The zero-order valence-corrected chi connectivity index (χ0v) is 9.01. The molecule has 0 saturated heterocycles. The van der Waals surface area contributed by atoms with Gasteiger partial charge in [0.15, 0.2) is 5.11 Å². The number of hydrogen-bond acceptors (Lipinski definition) is 3. The molecule has 0 bridgehead atoms. The van der Waals surface area contributed by atoms with E-state index < -0.39 is 0 Å². The van der Waals surface area contributed by atoms with Crippen molar-refractivity contribution in [3.8, 4) is 5.75 Å². The predicted octanol–water partition coefficient (Wildman–Crippen LogP) is 0.848. The van der Waals surface area contributed by atoms with Crippen molar-refractivity contribution in [3.63, 3.8) is 0 Å². The monoisotopic (exact) mass is 223 g/mol. The van der Waals surface area contributed by atoms with Crippen LogP contribution in [-0.2, 0) is 0 Å². The SMILES string of the molecule is NNC(=S)NC1CCOc2ccccc21. The summed E-state index contributed by atoms with van der Waals surface area (Å²) < 4.78 is 5.53. The summed E-state index contributed by atoms with van der Waals surface area (Å²) in [5.41, 5.74) is 3.55. The van der Waals surface area contributed by atoms with Gasteiger partial charge in [0.05, 0.1) is 12.6 Å². The minimum absolute atomic E-state index is 0.179. The third-order valence-electron chi connectivity index (χ3n) is 2.39. The Labute approximate surface area is 93.8 Å². The first kappa shape index (κ1) is 10.2. The number of benzene rings is 1. The molecule has 0 spiro atoms. The summed E-state index contributed by atoms with van der Waals surface area (Å²) in [4.78, 5) is 0. The first-order valence-corrected chi connectivity index (χ1v) is 5.21. The van der Waals surface area contributed by atoms with Gasteiger partial charge in [-0.3, -0.25) is 0 Å². The zero-order valence-electron chi connectivity index (χ0n) is 8.19. The number of hydrogen-bond donors (Lipinski definition) is 3. The number of rotatable bonds is 1. The quantitative estimate of drug-likeness (QED) is 0.374. The Bertz CT molecular complexity index is 369. The van der Waals surface area contributed by atoms with E-state index in [1.165, 1.54) is 0 Å². The van der Waals surface area contributed by atoms with Gasteiger partial charge in [0.25, 0.3) is 0 Å². The average molecular weight is 223 g/mol. The molecule has 0 saturated carbocycles. The summed E-state index contributed by atoms with van der Waals surface area (Å²) in [5, 5.41) is 3.60. The van der Waals surface area contributed by atoms with Crippen molar-refractivity contribution in [2.75, 3.05) is 6.61 Å². The summed E-state index contributed by atoms with van der Waals surface area (Å²) in [6.45, 7) is 0.696. The molecule has 80 valence electrons. The molecule has 1 aliphatic rings. The van der Waals surface area contributed by atoms with E-state index in [4.69, 9.17) is 22.8 Å². The minimum atomic E-state index is 0.179. The summed E-state index contributed by atoms with van der Waals surface area (Å²) >= 11 is 4.98. The first-order chi connectivity index (χ1) is 7.31. The van der Waals surface area contributed by atoms with Gasteiger partial charge in [-0.2, -0.15) is 0 Å². The van der Waals surface area contributed by atoms with Crippen molar-refractivity contribution >= 4 is 17.3 Å². The van der Waals surface area contributed by atoms with Gasteiger partial charge in [-0.25, -0.2) is 5.84 Å². The number of ether oxygens (including phenoxy) is 1. The summed E-state index contributed by atoms with van der Waals surface area (Å²) in [7, 11) is 0. The number of thiocarbonyl (C=S) groups is 1. The zero-order chi connectivity index (χ0) is 10.7. The summed E-state index contributed by atoms with van der Waals surface area (Å²) in [6.07, 6.45) is 0.888. The molecule has 0 aromatic heterocycles. The molecule has 15 heavy (non-hydrogen) atoms. The van der Waals surface area contributed by atoms with Gasteiger partial charge in [0, 0.05) is 12.0 Å². The molecule has 1 unspecified atom stereocenters. The second-order valence-corrected chi connectivity index (χ2v) is 3.75. The Balaban J connectivity index is 2.18. The molecular formula is C10H13N3OS. The van der Waals surface area contributed by atoms with Crippen LogP contribution in [0.15, 0.2) is 24.3 Å².